The molecule has 1 aliphatic carbocycles. The van der Waals surface area contributed by atoms with Crippen molar-refractivity contribution in [3.05, 3.63) is 34.6 Å². The summed E-state index contributed by atoms with van der Waals surface area (Å²) in [6.45, 7) is 2.00. The largest absolute Gasteiger partial charge is 0.314 e. The molecule has 20 heavy (non-hydrogen) atoms. The summed E-state index contributed by atoms with van der Waals surface area (Å²) < 4.78 is 14.4. The molecule has 0 bridgehead atoms. The van der Waals surface area contributed by atoms with E-state index in [1.54, 1.807) is 6.07 Å². The van der Waals surface area contributed by atoms with Crippen LogP contribution in [-0.4, -0.2) is 31.1 Å². The molecule has 1 aliphatic heterocycles. The average molecular weight is 297 g/mol. The zero-order valence-electron chi connectivity index (χ0n) is 11.9. The van der Waals surface area contributed by atoms with Crippen molar-refractivity contribution in [3.8, 4) is 0 Å². The number of rotatable bonds is 4. The van der Waals surface area contributed by atoms with Crippen LogP contribution in [0.2, 0.25) is 5.02 Å². The summed E-state index contributed by atoms with van der Waals surface area (Å²) in [6, 6.07) is 6.20. The van der Waals surface area contributed by atoms with E-state index < -0.39 is 0 Å². The van der Waals surface area contributed by atoms with Crippen LogP contribution in [0, 0.1) is 11.7 Å². The molecule has 0 aromatic heterocycles. The molecule has 110 valence electrons. The molecular weight excluding hydrogens is 275 g/mol. The highest BCUT2D eigenvalue weighted by atomic mass is 35.5. The Kier molecular flexibility index (Phi) is 4.29. The summed E-state index contributed by atoms with van der Waals surface area (Å²) in [7, 11) is 2.09. The van der Waals surface area contributed by atoms with Crippen molar-refractivity contribution in [1.82, 2.24) is 10.2 Å². The fourth-order valence-electron chi connectivity index (χ4n) is 3.32. The zero-order chi connectivity index (χ0) is 14.1. The standard InChI is InChI=1S/C16H22ClFN2/c1-20-9-3-4-11(10-19-12-7-8-12)16(20)13-5-2-6-14(17)15(13)18/h2,5-6,11-12,16,19H,3-4,7-10H2,1H3. The monoisotopic (exact) mass is 296 g/mol. The van der Waals surface area contributed by atoms with Gasteiger partial charge in [-0.15, -0.1) is 0 Å². The third-order valence-electron chi connectivity index (χ3n) is 4.55. The van der Waals surface area contributed by atoms with Crippen LogP contribution in [0.4, 0.5) is 4.39 Å². The lowest BCUT2D eigenvalue weighted by Crippen LogP contribution is -2.41. The second-order valence-electron chi connectivity index (χ2n) is 6.15. The zero-order valence-corrected chi connectivity index (χ0v) is 12.7. The van der Waals surface area contributed by atoms with Crippen molar-refractivity contribution >= 4 is 11.6 Å². The highest BCUT2D eigenvalue weighted by molar-refractivity contribution is 6.30. The van der Waals surface area contributed by atoms with Gasteiger partial charge in [0, 0.05) is 24.2 Å². The predicted molar refractivity (Wildman–Crippen MR) is 80.5 cm³/mol. The fourth-order valence-corrected chi connectivity index (χ4v) is 3.50. The molecule has 1 saturated carbocycles. The van der Waals surface area contributed by atoms with Crippen LogP contribution < -0.4 is 5.32 Å². The first-order chi connectivity index (χ1) is 9.66. The van der Waals surface area contributed by atoms with Crippen molar-refractivity contribution in [2.75, 3.05) is 20.1 Å². The molecule has 0 amide bonds. The second kappa shape index (κ2) is 6.00. The Bertz CT molecular complexity index is 476. The van der Waals surface area contributed by atoms with Crippen molar-refractivity contribution in [1.29, 1.82) is 0 Å². The molecule has 2 unspecified atom stereocenters. The van der Waals surface area contributed by atoms with Gasteiger partial charge in [0.25, 0.3) is 0 Å². The summed E-state index contributed by atoms with van der Waals surface area (Å²) in [6.07, 6.45) is 4.92. The summed E-state index contributed by atoms with van der Waals surface area (Å²) in [5.41, 5.74) is 0.752. The van der Waals surface area contributed by atoms with Gasteiger partial charge in [0.1, 0.15) is 5.82 Å². The summed E-state index contributed by atoms with van der Waals surface area (Å²) in [5.74, 6) is 0.214. The lowest BCUT2D eigenvalue weighted by molar-refractivity contribution is 0.116. The molecule has 1 aromatic rings. The fraction of sp³-hybridized carbons (Fsp3) is 0.625. The minimum absolute atomic E-state index is 0.133. The molecule has 0 spiro atoms. The smallest absolute Gasteiger partial charge is 0.146 e. The summed E-state index contributed by atoms with van der Waals surface area (Å²) in [4.78, 5) is 2.28. The molecular formula is C16H22ClFN2. The third-order valence-corrected chi connectivity index (χ3v) is 4.85. The summed E-state index contributed by atoms with van der Waals surface area (Å²) in [5, 5.41) is 3.83. The van der Waals surface area contributed by atoms with Crippen LogP contribution in [0.3, 0.4) is 0 Å². The molecule has 4 heteroatoms. The third kappa shape index (κ3) is 3.00. The van der Waals surface area contributed by atoms with E-state index in [1.165, 1.54) is 19.3 Å². The molecule has 2 fully saturated rings. The Hall–Kier alpha value is -0.640. The summed E-state index contributed by atoms with van der Waals surface area (Å²) >= 11 is 5.96. The molecule has 1 N–H and O–H groups in total. The van der Waals surface area contributed by atoms with Crippen LogP contribution in [0.1, 0.15) is 37.3 Å². The number of hydrogen-bond acceptors (Lipinski definition) is 2. The number of benzene rings is 1. The van der Waals surface area contributed by atoms with Crippen LogP contribution >= 0.6 is 11.6 Å². The first kappa shape index (κ1) is 14.3. The molecule has 1 heterocycles. The molecule has 3 rings (SSSR count). The van der Waals surface area contributed by atoms with Gasteiger partial charge in [-0.3, -0.25) is 4.90 Å². The van der Waals surface area contributed by atoms with E-state index >= 15 is 0 Å². The number of likely N-dealkylation sites (tertiary alicyclic amines) is 1. The topological polar surface area (TPSA) is 15.3 Å². The van der Waals surface area contributed by atoms with Gasteiger partial charge in [0.15, 0.2) is 0 Å². The Morgan fingerprint density at radius 3 is 2.90 bits per heavy atom. The minimum Gasteiger partial charge on any atom is -0.314 e. The van der Waals surface area contributed by atoms with Crippen molar-refractivity contribution in [3.63, 3.8) is 0 Å². The number of nitrogens with zero attached hydrogens (tertiary/aromatic N) is 1. The molecule has 1 aromatic carbocycles. The van der Waals surface area contributed by atoms with Gasteiger partial charge < -0.3 is 5.32 Å². The lowest BCUT2D eigenvalue weighted by atomic mass is 9.84. The Morgan fingerprint density at radius 1 is 1.35 bits per heavy atom. The first-order valence-corrected chi connectivity index (χ1v) is 7.92. The number of nitrogens with one attached hydrogen (secondary N) is 1. The van der Waals surface area contributed by atoms with E-state index in [0.717, 1.165) is 25.1 Å². The van der Waals surface area contributed by atoms with Gasteiger partial charge in [0.05, 0.1) is 5.02 Å². The average Bonchev–Trinajstić information content (AvgIpc) is 3.24. The van der Waals surface area contributed by atoms with E-state index in [0.29, 0.717) is 12.0 Å². The Balaban J connectivity index is 1.82. The van der Waals surface area contributed by atoms with Crippen molar-refractivity contribution < 1.29 is 4.39 Å². The quantitative estimate of drug-likeness (QED) is 0.913. The molecule has 1 saturated heterocycles. The van der Waals surface area contributed by atoms with Gasteiger partial charge in [-0.2, -0.15) is 0 Å². The highest BCUT2D eigenvalue weighted by Gasteiger charge is 2.33. The van der Waals surface area contributed by atoms with Crippen molar-refractivity contribution in [2.45, 2.75) is 37.8 Å². The van der Waals surface area contributed by atoms with Gasteiger partial charge in [0.2, 0.25) is 0 Å². The van der Waals surface area contributed by atoms with Crippen molar-refractivity contribution in [2.24, 2.45) is 5.92 Å². The Labute approximate surface area is 125 Å². The number of hydrogen-bond donors (Lipinski definition) is 1. The number of piperidine rings is 1. The van der Waals surface area contributed by atoms with E-state index in [-0.39, 0.29) is 16.9 Å². The van der Waals surface area contributed by atoms with Crippen LogP contribution in [0.25, 0.3) is 0 Å². The van der Waals surface area contributed by atoms with Gasteiger partial charge in [-0.05, 0) is 51.3 Å². The maximum Gasteiger partial charge on any atom is 0.146 e. The van der Waals surface area contributed by atoms with Gasteiger partial charge >= 0.3 is 0 Å². The minimum atomic E-state index is -0.246. The molecule has 0 radical (unpaired) electrons. The SMILES string of the molecule is CN1CCCC(CNC2CC2)C1c1cccc(Cl)c1F. The normalized spacial score (nSPS) is 27.8. The highest BCUT2D eigenvalue weighted by Crippen LogP contribution is 2.37. The lowest BCUT2D eigenvalue weighted by Gasteiger charge is -2.40. The Morgan fingerprint density at radius 2 is 2.15 bits per heavy atom. The van der Waals surface area contributed by atoms with Gasteiger partial charge in [-0.1, -0.05) is 23.7 Å². The van der Waals surface area contributed by atoms with E-state index in [9.17, 15) is 4.39 Å². The first-order valence-electron chi connectivity index (χ1n) is 7.54. The van der Waals surface area contributed by atoms with E-state index in [1.807, 2.05) is 12.1 Å². The number of halogens is 2. The van der Waals surface area contributed by atoms with E-state index in [4.69, 9.17) is 11.6 Å². The van der Waals surface area contributed by atoms with E-state index in [2.05, 4.69) is 17.3 Å². The molecule has 2 atom stereocenters. The van der Waals surface area contributed by atoms with Crippen LogP contribution in [0.15, 0.2) is 18.2 Å². The van der Waals surface area contributed by atoms with Gasteiger partial charge in [-0.25, -0.2) is 4.39 Å². The maximum atomic E-state index is 14.4. The maximum absolute atomic E-state index is 14.4. The second-order valence-corrected chi connectivity index (χ2v) is 6.56. The van der Waals surface area contributed by atoms with Crippen LogP contribution in [-0.2, 0) is 0 Å². The molecule has 2 aliphatic rings. The van der Waals surface area contributed by atoms with Crippen LogP contribution in [0.5, 0.6) is 0 Å². The predicted octanol–water partition coefficient (Wildman–Crippen LogP) is 3.61. The molecule has 2 nitrogen and oxygen atoms in total.